The number of rotatable bonds is 6. The van der Waals surface area contributed by atoms with Crippen molar-refractivity contribution in [1.29, 1.82) is 0 Å². The number of aliphatic hydroxyl groups excluding tert-OH is 1. The molecule has 0 aliphatic rings. The molecule has 2 N–H and O–H groups in total. The van der Waals surface area contributed by atoms with Crippen molar-refractivity contribution >= 4 is 17.4 Å². The van der Waals surface area contributed by atoms with Gasteiger partial charge in [-0.15, -0.1) is 11.3 Å². The Kier molecular flexibility index (Phi) is 5.52. The largest absolute Gasteiger partial charge is 0.445 e. The molecule has 0 radical (unpaired) electrons. The van der Waals surface area contributed by atoms with Crippen LogP contribution >= 0.6 is 11.3 Å². The van der Waals surface area contributed by atoms with E-state index < -0.39 is 6.09 Å². The molecule has 6 heteroatoms. The first-order chi connectivity index (χ1) is 9.78. The van der Waals surface area contributed by atoms with Crippen LogP contribution in [0.3, 0.4) is 0 Å². The summed E-state index contributed by atoms with van der Waals surface area (Å²) >= 11 is 1.49. The molecule has 2 rings (SSSR count). The molecule has 20 heavy (non-hydrogen) atoms. The van der Waals surface area contributed by atoms with Gasteiger partial charge in [-0.3, -0.25) is 0 Å². The number of ether oxygens (including phenoxy) is 1. The van der Waals surface area contributed by atoms with Crippen molar-refractivity contribution in [3.05, 3.63) is 52.5 Å². The highest BCUT2D eigenvalue weighted by atomic mass is 32.1. The number of hydrogen-bond acceptors (Lipinski definition) is 5. The molecule has 0 fully saturated rings. The second-order valence-corrected chi connectivity index (χ2v) is 5.19. The molecule has 1 heterocycles. The number of aliphatic hydroxyl groups is 1. The van der Waals surface area contributed by atoms with E-state index in [0.29, 0.717) is 6.42 Å². The second kappa shape index (κ2) is 7.62. The van der Waals surface area contributed by atoms with Crippen LogP contribution in [-0.4, -0.2) is 28.8 Å². The van der Waals surface area contributed by atoms with E-state index in [0.717, 1.165) is 10.6 Å². The van der Waals surface area contributed by atoms with Gasteiger partial charge in [-0.2, -0.15) is 0 Å². The van der Waals surface area contributed by atoms with Crippen LogP contribution in [0.2, 0.25) is 0 Å². The maximum Gasteiger partial charge on any atom is 0.407 e. The van der Waals surface area contributed by atoms with Crippen LogP contribution in [0.4, 0.5) is 4.79 Å². The molecule has 0 aliphatic heterocycles. The summed E-state index contributed by atoms with van der Waals surface area (Å²) < 4.78 is 5.10. The third kappa shape index (κ3) is 4.64. The summed E-state index contributed by atoms with van der Waals surface area (Å²) in [5, 5.41) is 14.6. The first kappa shape index (κ1) is 14.5. The van der Waals surface area contributed by atoms with Crippen molar-refractivity contribution in [3.63, 3.8) is 0 Å². The molecule has 2 aromatic rings. The molecule has 0 spiro atoms. The number of alkyl carbamates (subject to hydrolysis) is 1. The Morgan fingerprint density at radius 1 is 1.40 bits per heavy atom. The summed E-state index contributed by atoms with van der Waals surface area (Å²) in [6, 6.07) is 9.05. The number of nitrogens with one attached hydrogen (secondary N) is 1. The van der Waals surface area contributed by atoms with E-state index >= 15 is 0 Å². The monoisotopic (exact) mass is 292 g/mol. The van der Waals surface area contributed by atoms with Gasteiger partial charge >= 0.3 is 6.09 Å². The highest BCUT2D eigenvalue weighted by Gasteiger charge is 2.14. The fourth-order valence-electron chi connectivity index (χ4n) is 1.66. The molecule has 0 aliphatic carbocycles. The first-order valence-electron chi connectivity index (χ1n) is 6.24. The summed E-state index contributed by atoms with van der Waals surface area (Å²) in [6.07, 6.45) is 1.65. The van der Waals surface area contributed by atoms with E-state index in [1.807, 2.05) is 35.7 Å². The van der Waals surface area contributed by atoms with Gasteiger partial charge in [0.05, 0.1) is 17.7 Å². The molecule has 106 valence electrons. The molecule has 0 saturated carbocycles. The van der Waals surface area contributed by atoms with Gasteiger partial charge in [0.15, 0.2) is 0 Å². The topological polar surface area (TPSA) is 71.5 Å². The Bertz CT molecular complexity index is 516. The Morgan fingerprint density at radius 2 is 2.20 bits per heavy atom. The normalized spacial score (nSPS) is 11.8. The number of carbonyl (C=O) groups is 1. The summed E-state index contributed by atoms with van der Waals surface area (Å²) in [4.78, 5) is 15.8. The minimum absolute atomic E-state index is 0.153. The van der Waals surface area contributed by atoms with Crippen LogP contribution in [0.15, 0.2) is 41.9 Å². The lowest BCUT2D eigenvalue weighted by atomic mass is 10.2. The average Bonchev–Trinajstić information content (AvgIpc) is 2.98. The van der Waals surface area contributed by atoms with Gasteiger partial charge in [0.1, 0.15) is 6.61 Å². The minimum atomic E-state index is -0.538. The molecular formula is C14H16N2O3S. The molecule has 1 aromatic heterocycles. The van der Waals surface area contributed by atoms with Crippen LogP contribution in [-0.2, 0) is 17.8 Å². The van der Waals surface area contributed by atoms with Crippen LogP contribution in [0.1, 0.15) is 10.6 Å². The molecule has 5 nitrogen and oxygen atoms in total. The van der Waals surface area contributed by atoms with E-state index in [-0.39, 0.29) is 19.3 Å². The first-order valence-corrected chi connectivity index (χ1v) is 7.12. The van der Waals surface area contributed by atoms with Crippen molar-refractivity contribution in [2.75, 3.05) is 6.61 Å². The number of nitrogens with zero attached hydrogens (tertiary/aromatic N) is 1. The van der Waals surface area contributed by atoms with Crippen molar-refractivity contribution in [2.24, 2.45) is 0 Å². The number of hydrogen-bond donors (Lipinski definition) is 2. The third-order valence-corrected chi connectivity index (χ3v) is 3.46. The fourth-order valence-corrected chi connectivity index (χ4v) is 2.36. The molecular weight excluding hydrogens is 276 g/mol. The van der Waals surface area contributed by atoms with E-state index in [9.17, 15) is 9.90 Å². The Labute approximate surface area is 121 Å². The number of amides is 1. The number of benzene rings is 1. The molecule has 1 unspecified atom stereocenters. The third-order valence-electron chi connectivity index (χ3n) is 2.66. The van der Waals surface area contributed by atoms with Crippen LogP contribution in [0.5, 0.6) is 0 Å². The van der Waals surface area contributed by atoms with Crippen LogP contribution in [0.25, 0.3) is 0 Å². The Balaban J connectivity index is 1.77. The fraction of sp³-hybridized carbons (Fsp3) is 0.286. The van der Waals surface area contributed by atoms with E-state index in [1.54, 1.807) is 6.20 Å². The summed E-state index contributed by atoms with van der Waals surface area (Å²) in [7, 11) is 0. The lowest BCUT2D eigenvalue weighted by molar-refractivity contribution is 0.129. The lowest BCUT2D eigenvalue weighted by Crippen LogP contribution is -2.39. The highest BCUT2D eigenvalue weighted by Crippen LogP contribution is 2.07. The summed E-state index contributed by atoms with van der Waals surface area (Å²) in [6.45, 7) is 0.0576. The van der Waals surface area contributed by atoms with Crippen LogP contribution in [0, 0.1) is 0 Å². The summed E-state index contributed by atoms with van der Waals surface area (Å²) in [5.74, 6) is 0. The van der Waals surface area contributed by atoms with Gasteiger partial charge in [-0.05, 0) is 5.56 Å². The zero-order valence-corrected chi connectivity index (χ0v) is 11.7. The van der Waals surface area contributed by atoms with E-state index in [4.69, 9.17) is 4.74 Å². The second-order valence-electron chi connectivity index (χ2n) is 4.22. The zero-order valence-electron chi connectivity index (χ0n) is 10.9. The molecule has 1 aromatic carbocycles. The van der Waals surface area contributed by atoms with Crippen molar-refractivity contribution in [1.82, 2.24) is 10.3 Å². The van der Waals surface area contributed by atoms with Gasteiger partial charge in [-0.1, -0.05) is 30.3 Å². The number of aromatic nitrogens is 1. The average molecular weight is 292 g/mol. The van der Waals surface area contributed by atoms with E-state index in [2.05, 4.69) is 10.3 Å². The summed E-state index contributed by atoms with van der Waals surface area (Å²) in [5.41, 5.74) is 0.920. The van der Waals surface area contributed by atoms with Gasteiger partial charge in [0, 0.05) is 18.0 Å². The molecule has 1 atom stereocenters. The van der Waals surface area contributed by atoms with Crippen molar-refractivity contribution in [3.8, 4) is 0 Å². The quantitative estimate of drug-likeness (QED) is 0.854. The highest BCUT2D eigenvalue weighted by molar-refractivity contribution is 7.09. The van der Waals surface area contributed by atoms with Crippen molar-refractivity contribution < 1.29 is 14.6 Å². The molecule has 1 amide bonds. The predicted molar refractivity (Wildman–Crippen MR) is 76.5 cm³/mol. The minimum Gasteiger partial charge on any atom is -0.445 e. The SMILES string of the molecule is O=C(NC(CO)Cc1nccs1)OCc1ccccc1. The molecule has 0 saturated heterocycles. The van der Waals surface area contributed by atoms with Gasteiger partial charge < -0.3 is 15.2 Å². The number of carbonyl (C=O) groups excluding carboxylic acids is 1. The Hall–Kier alpha value is -1.92. The van der Waals surface area contributed by atoms with Gasteiger partial charge in [-0.25, -0.2) is 9.78 Å². The van der Waals surface area contributed by atoms with Gasteiger partial charge in [0.25, 0.3) is 0 Å². The van der Waals surface area contributed by atoms with Crippen LogP contribution < -0.4 is 5.32 Å². The van der Waals surface area contributed by atoms with Crippen molar-refractivity contribution in [2.45, 2.75) is 19.1 Å². The smallest absolute Gasteiger partial charge is 0.407 e. The standard InChI is InChI=1S/C14H16N2O3S/c17-9-12(8-13-15-6-7-20-13)16-14(18)19-10-11-4-2-1-3-5-11/h1-7,12,17H,8-10H2,(H,16,18). The molecule has 0 bridgehead atoms. The lowest BCUT2D eigenvalue weighted by Gasteiger charge is -2.15. The number of thiazole rings is 1. The Morgan fingerprint density at radius 3 is 2.85 bits per heavy atom. The van der Waals surface area contributed by atoms with Gasteiger partial charge in [0.2, 0.25) is 0 Å². The maximum absolute atomic E-state index is 11.7. The zero-order chi connectivity index (χ0) is 14.2. The van der Waals surface area contributed by atoms with E-state index in [1.165, 1.54) is 11.3 Å². The maximum atomic E-state index is 11.7. The predicted octanol–water partition coefficient (Wildman–Crippen LogP) is 1.97.